The Hall–Kier alpha value is -1.40. The van der Waals surface area contributed by atoms with E-state index in [1.165, 1.54) is 9.90 Å². The molecule has 10 heteroatoms. The zero-order valence-corrected chi connectivity index (χ0v) is 23.2. The summed E-state index contributed by atoms with van der Waals surface area (Å²) >= 11 is 1.85. The molecule has 8 nitrogen and oxygen atoms in total. The molecular formula is C27H45FN4O4S. The van der Waals surface area contributed by atoms with Gasteiger partial charge in [-0.3, -0.25) is 0 Å². The molecule has 3 rings (SSSR count). The largest absolute Gasteiger partial charge is 0.401 e. The number of nitrogens with zero attached hydrogens (tertiary/aromatic N) is 2. The van der Waals surface area contributed by atoms with Crippen molar-refractivity contribution in [1.29, 1.82) is 0 Å². The van der Waals surface area contributed by atoms with Crippen molar-refractivity contribution in [3.8, 4) is 0 Å². The second-order valence-electron chi connectivity index (χ2n) is 10.2. The number of nitrogens with two attached hydrogens (primary N) is 2. The smallest absolute Gasteiger partial charge is 0.156 e. The van der Waals surface area contributed by atoms with Gasteiger partial charge in [0, 0.05) is 68.3 Å². The lowest BCUT2D eigenvalue weighted by Crippen LogP contribution is -2.44. The summed E-state index contributed by atoms with van der Waals surface area (Å²) in [7, 11) is 3.58. The van der Waals surface area contributed by atoms with Gasteiger partial charge in [0.1, 0.15) is 18.8 Å². The van der Waals surface area contributed by atoms with E-state index in [1.54, 1.807) is 13.3 Å². The fraction of sp³-hybridized carbons (Fsp3) is 0.704. The number of benzene rings is 1. The number of thioether (sulfide) groups is 1. The Kier molecular flexibility index (Phi) is 12.4. The lowest BCUT2D eigenvalue weighted by Gasteiger charge is -2.36. The van der Waals surface area contributed by atoms with Gasteiger partial charge in [0.2, 0.25) is 0 Å². The Balaban J connectivity index is 1.53. The molecule has 210 valence electrons. The van der Waals surface area contributed by atoms with Gasteiger partial charge >= 0.3 is 0 Å². The molecule has 5 unspecified atom stereocenters. The summed E-state index contributed by atoms with van der Waals surface area (Å²) in [6.07, 6.45) is 4.57. The number of rotatable bonds is 13. The Bertz CT molecular complexity index is 817. The van der Waals surface area contributed by atoms with Crippen molar-refractivity contribution in [1.82, 2.24) is 9.91 Å². The zero-order valence-electron chi connectivity index (χ0n) is 22.4. The van der Waals surface area contributed by atoms with E-state index in [9.17, 15) is 9.50 Å². The van der Waals surface area contributed by atoms with Crippen LogP contribution in [-0.2, 0) is 14.2 Å². The van der Waals surface area contributed by atoms with E-state index in [-0.39, 0.29) is 12.1 Å². The molecule has 0 aromatic heterocycles. The molecule has 0 amide bonds. The third-order valence-electron chi connectivity index (χ3n) is 7.34. The fourth-order valence-electron chi connectivity index (χ4n) is 5.00. The Morgan fingerprint density at radius 1 is 1.27 bits per heavy atom. The number of hydrogen-bond donors (Lipinski definition) is 3. The summed E-state index contributed by atoms with van der Waals surface area (Å²) in [4.78, 5) is 3.36. The third-order valence-corrected chi connectivity index (χ3v) is 8.58. The van der Waals surface area contributed by atoms with Gasteiger partial charge in [0.15, 0.2) is 6.29 Å². The molecule has 0 aliphatic carbocycles. The minimum Gasteiger partial charge on any atom is -0.401 e. The van der Waals surface area contributed by atoms with Crippen molar-refractivity contribution in [3.05, 3.63) is 41.7 Å². The minimum atomic E-state index is -0.737. The summed E-state index contributed by atoms with van der Waals surface area (Å²) in [6.45, 7) is 3.69. The predicted molar refractivity (Wildman–Crippen MR) is 145 cm³/mol. The molecule has 2 aliphatic heterocycles. The summed E-state index contributed by atoms with van der Waals surface area (Å²) in [5, 5.41) is 11.2. The van der Waals surface area contributed by atoms with Gasteiger partial charge in [0.25, 0.3) is 0 Å². The van der Waals surface area contributed by atoms with Crippen LogP contribution >= 0.6 is 11.8 Å². The number of halogens is 1. The molecule has 2 fully saturated rings. The quantitative estimate of drug-likeness (QED) is 0.197. The average molecular weight is 541 g/mol. The predicted octanol–water partition coefficient (Wildman–Crippen LogP) is 3.41. The van der Waals surface area contributed by atoms with E-state index in [2.05, 4.69) is 17.0 Å². The van der Waals surface area contributed by atoms with Crippen molar-refractivity contribution in [2.24, 2.45) is 17.5 Å². The number of methoxy groups -OCH3 is 1. The van der Waals surface area contributed by atoms with Crippen LogP contribution in [-0.4, -0.2) is 85.8 Å². The maximum absolute atomic E-state index is 14.2. The topological polar surface area (TPSA) is 106 Å². The molecule has 0 spiro atoms. The molecule has 2 heterocycles. The van der Waals surface area contributed by atoms with Crippen LogP contribution in [0.3, 0.4) is 0 Å². The highest BCUT2D eigenvalue weighted by Crippen LogP contribution is 2.30. The molecule has 2 saturated heterocycles. The van der Waals surface area contributed by atoms with E-state index in [0.717, 1.165) is 43.8 Å². The first-order valence-corrected chi connectivity index (χ1v) is 14.2. The van der Waals surface area contributed by atoms with Gasteiger partial charge in [-0.1, -0.05) is 12.1 Å². The van der Waals surface area contributed by atoms with Crippen LogP contribution in [0.2, 0.25) is 0 Å². The number of aliphatic hydroxyl groups is 1. The van der Waals surface area contributed by atoms with E-state index >= 15 is 0 Å². The molecule has 5 N–H and O–H groups in total. The summed E-state index contributed by atoms with van der Waals surface area (Å²) < 4.78 is 30.7. The summed E-state index contributed by atoms with van der Waals surface area (Å²) in [5.41, 5.74) is 7.69. The van der Waals surface area contributed by atoms with Gasteiger partial charge in [-0.25, -0.2) is 10.2 Å². The minimum absolute atomic E-state index is 0.0135. The molecule has 5 atom stereocenters. The van der Waals surface area contributed by atoms with Gasteiger partial charge in [-0.2, -0.15) is 0 Å². The van der Waals surface area contributed by atoms with E-state index in [4.69, 9.17) is 25.8 Å². The molecule has 37 heavy (non-hydrogen) atoms. The normalized spacial score (nSPS) is 25.3. The van der Waals surface area contributed by atoms with E-state index in [1.807, 2.05) is 37.9 Å². The van der Waals surface area contributed by atoms with Crippen LogP contribution in [0.25, 0.3) is 0 Å². The number of hydrogen-bond acceptors (Lipinski definition) is 9. The van der Waals surface area contributed by atoms with Crippen LogP contribution in [0.15, 0.2) is 41.1 Å². The first-order chi connectivity index (χ1) is 17.8. The number of ether oxygens (including phenoxy) is 3. The number of hydrazine groups is 1. The molecule has 2 aliphatic rings. The molecule has 0 bridgehead atoms. The maximum Gasteiger partial charge on any atom is 0.156 e. The second kappa shape index (κ2) is 15.3. The van der Waals surface area contributed by atoms with Gasteiger partial charge in [-0.05, 0) is 56.8 Å². The lowest BCUT2D eigenvalue weighted by molar-refractivity contribution is -0.173. The van der Waals surface area contributed by atoms with Crippen molar-refractivity contribution in [2.75, 3.05) is 46.3 Å². The summed E-state index contributed by atoms with van der Waals surface area (Å²) in [6, 6.07) is 7.61. The van der Waals surface area contributed by atoms with Crippen LogP contribution in [0, 0.1) is 5.92 Å². The van der Waals surface area contributed by atoms with Crippen molar-refractivity contribution in [3.63, 3.8) is 0 Å². The molecule has 0 radical (unpaired) electrons. The van der Waals surface area contributed by atoms with Crippen LogP contribution in [0.1, 0.15) is 50.7 Å². The molecule has 0 saturated carbocycles. The number of alkyl halides is 1. The van der Waals surface area contributed by atoms with Crippen molar-refractivity contribution < 1.29 is 23.7 Å². The first-order valence-electron chi connectivity index (χ1n) is 13.2. The Labute approximate surface area is 225 Å². The molecule has 1 aromatic carbocycles. The highest BCUT2D eigenvalue weighted by atomic mass is 32.2. The lowest BCUT2D eigenvalue weighted by atomic mass is 10.0. The second-order valence-corrected chi connectivity index (χ2v) is 11.3. The van der Waals surface area contributed by atoms with Crippen LogP contribution < -0.4 is 11.6 Å². The highest BCUT2D eigenvalue weighted by Gasteiger charge is 2.29. The molecular weight excluding hydrogens is 495 g/mol. The van der Waals surface area contributed by atoms with Crippen molar-refractivity contribution in [2.45, 2.75) is 74.5 Å². The molecule has 1 aromatic rings. The monoisotopic (exact) mass is 540 g/mol. The van der Waals surface area contributed by atoms with E-state index < -0.39 is 25.1 Å². The summed E-state index contributed by atoms with van der Waals surface area (Å²) in [5.74, 6) is 8.04. The van der Waals surface area contributed by atoms with Gasteiger partial charge in [-0.15, -0.1) is 11.8 Å². The Morgan fingerprint density at radius 2 is 1.97 bits per heavy atom. The van der Waals surface area contributed by atoms with Gasteiger partial charge < -0.3 is 35.0 Å². The highest BCUT2D eigenvalue weighted by molar-refractivity contribution is 7.99. The average Bonchev–Trinajstić information content (AvgIpc) is 2.89. The van der Waals surface area contributed by atoms with E-state index in [0.29, 0.717) is 31.0 Å². The van der Waals surface area contributed by atoms with Crippen LogP contribution in [0.4, 0.5) is 4.39 Å². The fourth-order valence-corrected chi connectivity index (χ4v) is 6.09. The zero-order chi connectivity index (χ0) is 26.8. The van der Waals surface area contributed by atoms with Crippen LogP contribution in [0.5, 0.6) is 0 Å². The number of aliphatic hydroxyl groups excluding tert-OH is 1. The maximum atomic E-state index is 14.2. The van der Waals surface area contributed by atoms with Gasteiger partial charge in [0.05, 0.1) is 6.10 Å². The first kappa shape index (κ1) is 30.1. The standard InChI is InChI=1S/C27H45FN4O4S/c1-19-14-23(15-26(33)36-19)31(2)11-8-22(29)17-32(30)25(16-28)27(34-3)21-4-6-24(7-5-21)37-18-20-9-12-35-13-10-20/h4-7,17,19-20,23,25-27,33H,8-16,18,29-30H2,1-3H3/b22-17-. The van der Waals surface area contributed by atoms with Crippen molar-refractivity contribution >= 4 is 11.8 Å². The third kappa shape index (κ3) is 9.38. The Morgan fingerprint density at radius 3 is 2.59 bits per heavy atom. The SMILES string of the molecule is COC(c1ccc(SCC2CCOCC2)cc1)C(CF)N(N)/C=C(\N)CCN(C)C1CC(C)OC(O)C1.